The Hall–Kier alpha value is -2.79. The van der Waals surface area contributed by atoms with Crippen LogP contribution in [0.25, 0.3) is 22.0 Å². The first-order chi connectivity index (χ1) is 11.6. The predicted octanol–water partition coefficient (Wildman–Crippen LogP) is 4.81. The highest BCUT2D eigenvalue weighted by atomic mass is 35.5. The monoisotopic (exact) mass is 338 g/mol. The minimum Gasteiger partial charge on any atom is -0.455 e. The summed E-state index contributed by atoms with van der Waals surface area (Å²) in [6.45, 7) is 1.88. The van der Waals surface area contributed by atoms with Gasteiger partial charge in [0.05, 0.1) is 11.0 Å². The number of aryl methyl sites for hydroxylation is 1. The molecule has 0 spiro atoms. The molecule has 4 aromatic rings. The minimum absolute atomic E-state index is 0.676. The number of aromatic nitrogens is 2. The van der Waals surface area contributed by atoms with E-state index in [2.05, 4.69) is 15.5 Å². The molecule has 0 radical (unpaired) electrons. The van der Waals surface area contributed by atoms with Crippen LogP contribution in [0.1, 0.15) is 12.7 Å². The second-order valence-electron chi connectivity index (χ2n) is 5.58. The van der Waals surface area contributed by atoms with Gasteiger partial charge in [-0.15, -0.1) is 0 Å². The molecule has 120 valence electrons. The van der Waals surface area contributed by atoms with Crippen molar-refractivity contribution < 1.29 is 4.42 Å². The number of rotatable bonds is 3. The van der Waals surface area contributed by atoms with Gasteiger partial charge in [0.15, 0.2) is 5.76 Å². The van der Waals surface area contributed by atoms with E-state index in [1.807, 2.05) is 61.0 Å². The third-order valence-electron chi connectivity index (χ3n) is 3.95. The van der Waals surface area contributed by atoms with E-state index in [0.717, 1.165) is 27.7 Å². The number of imidazole rings is 1. The van der Waals surface area contributed by atoms with Crippen molar-refractivity contribution in [1.82, 2.24) is 9.55 Å². The first kappa shape index (κ1) is 14.8. The number of halogens is 1. The average molecular weight is 339 g/mol. The quantitative estimate of drug-likeness (QED) is 0.431. The topological polar surface area (TPSA) is 55.4 Å². The average Bonchev–Trinajstić information content (AvgIpc) is 3.14. The molecule has 0 atom stereocenters. The maximum atomic E-state index is 6.01. The molecule has 0 unspecified atom stereocenters. The smallest absolute Gasteiger partial charge is 0.224 e. The zero-order chi connectivity index (χ0) is 16.7. The number of benzene rings is 2. The molecule has 0 aliphatic rings. The summed E-state index contributed by atoms with van der Waals surface area (Å²) >= 11 is 6.01. The maximum absolute atomic E-state index is 6.01. The Balaban J connectivity index is 1.65. The van der Waals surface area contributed by atoms with Crippen LogP contribution < -0.4 is 5.43 Å². The number of anilines is 1. The fraction of sp³-hybridized carbons (Fsp3) is 0.111. The molecule has 0 aliphatic heterocycles. The molecule has 0 amide bonds. The van der Waals surface area contributed by atoms with Crippen molar-refractivity contribution in [2.45, 2.75) is 6.92 Å². The van der Waals surface area contributed by atoms with Crippen molar-refractivity contribution in [3.63, 3.8) is 0 Å². The Morgan fingerprint density at radius 1 is 1.21 bits per heavy atom. The molecule has 0 saturated heterocycles. The van der Waals surface area contributed by atoms with Gasteiger partial charge in [-0.2, -0.15) is 5.10 Å². The van der Waals surface area contributed by atoms with E-state index in [9.17, 15) is 0 Å². The van der Waals surface area contributed by atoms with Crippen LogP contribution in [0.2, 0.25) is 5.02 Å². The van der Waals surface area contributed by atoms with E-state index in [-0.39, 0.29) is 0 Å². The summed E-state index contributed by atoms with van der Waals surface area (Å²) in [7, 11) is 1.95. The van der Waals surface area contributed by atoms with E-state index in [1.54, 1.807) is 6.07 Å². The largest absolute Gasteiger partial charge is 0.455 e. The number of hydrazone groups is 1. The molecule has 5 nitrogen and oxygen atoms in total. The fourth-order valence-corrected chi connectivity index (χ4v) is 2.81. The second kappa shape index (κ2) is 5.69. The van der Waals surface area contributed by atoms with Crippen LogP contribution in [-0.2, 0) is 7.05 Å². The van der Waals surface area contributed by atoms with Gasteiger partial charge in [-0.25, -0.2) is 10.4 Å². The van der Waals surface area contributed by atoms with Gasteiger partial charge in [-0.1, -0.05) is 23.7 Å². The lowest BCUT2D eigenvalue weighted by molar-refractivity contribution is 0.604. The van der Waals surface area contributed by atoms with E-state index in [0.29, 0.717) is 16.7 Å². The van der Waals surface area contributed by atoms with Crippen molar-refractivity contribution in [1.29, 1.82) is 0 Å². The van der Waals surface area contributed by atoms with Gasteiger partial charge < -0.3 is 8.98 Å². The molecular weight excluding hydrogens is 324 g/mol. The number of furan rings is 1. The molecule has 0 saturated carbocycles. The lowest BCUT2D eigenvalue weighted by atomic mass is 10.2. The van der Waals surface area contributed by atoms with Gasteiger partial charge in [0.25, 0.3) is 0 Å². The number of nitrogens with zero attached hydrogens (tertiary/aromatic N) is 3. The molecule has 4 rings (SSSR count). The molecule has 0 bridgehead atoms. The summed E-state index contributed by atoms with van der Waals surface area (Å²) in [5.74, 6) is 1.37. The SMILES string of the molecule is CC(=NNc1nc2ccccc2n1C)c1cc2cc(Cl)ccc2o1. The van der Waals surface area contributed by atoms with Crippen LogP contribution in [0.5, 0.6) is 0 Å². The van der Waals surface area contributed by atoms with Crippen LogP contribution in [0.4, 0.5) is 5.95 Å². The van der Waals surface area contributed by atoms with Crippen LogP contribution in [0.15, 0.2) is 58.0 Å². The van der Waals surface area contributed by atoms with Crippen LogP contribution >= 0.6 is 11.6 Å². The van der Waals surface area contributed by atoms with E-state index in [1.165, 1.54) is 0 Å². The second-order valence-corrected chi connectivity index (χ2v) is 6.02. The summed E-state index contributed by atoms with van der Waals surface area (Å²) in [6, 6.07) is 15.4. The molecule has 24 heavy (non-hydrogen) atoms. The van der Waals surface area contributed by atoms with Gasteiger partial charge in [0, 0.05) is 17.5 Å². The molecule has 6 heteroatoms. The Labute approximate surface area is 143 Å². The summed E-state index contributed by atoms with van der Waals surface area (Å²) < 4.78 is 7.77. The van der Waals surface area contributed by atoms with Crippen LogP contribution in [0.3, 0.4) is 0 Å². The molecule has 2 aromatic heterocycles. The van der Waals surface area contributed by atoms with E-state index < -0.39 is 0 Å². The molecule has 2 heterocycles. The van der Waals surface area contributed by atoms with Gasteiger partial charge in [0.1, 0.15) is 11.3 Å². The van der Waals surface area contributed by atoms with Crippen molar-refractivity contribution in [3.8, 4) is 0 Å². The van der Waals surface area contributed by atoms with Crippen molar-refractivity contribution >= 4 is 45.3 Å². The lowest BCUT2D eigenvalue weighted by Crippen LogP contribution is -2.02. The Bertz CT molecular complexity index is 1080. The number of fused-ring (bicyclic) bond motifs is 2. The zero-order valence-electron chi connectivity index (χ0n) is 13.2. The van der Waals surface area contributed by atoms with Gasteiger partial charge >= 0.3 is 0 Å². The fourth-order valence-electron chi connectivity index (χ4n) is 2.63. The Kier molecular flexibility index (Phi) is 3.50. The normalized spacial score (nSPS) is 12.2. The molecule has 0 fully saturated rings. The first-order valence-electron chi connectivity index (χ1n) is 7.53. The molecule has 2 aromatic carbocycles. The standard InChI is InChI=1S/C18H15ClN4O/c1-11(17-10-12-9-13(19)7-8-16(12)24-17)21-22-18-20-14-5-3-4-6-15(14)23(18)2/h3-10H,1-2H3,(H,20,22). The van der Waals surface area contributed by atoms with Crippen molar-refractivity contribution in [3.05, 3.63) is 59.3 Å². The number of hydrogen-bond donors (Lipinski definition) is 1. The first-order valence-corrected chi connectivity index (χ1v) is 7.91. The van der Waals surface area contributed by atoms with E-state index in [4.69, 9.17) is 16.0 Å². The van der Waals surface area contributed by atoms with Crippen LogP contribution in [0, 0.1) is 0 Å². The highest BCUT2D eigenvalue weighted by Gasteiger charge is 2.09. The molecule has 1 N–H and O–H groups in total. The van der Waals surface area contributed by atoms with Crippen molar-refractivity contribution in [2.24, 2.45) is 12.1 Å². The molecule has 0 aliphatic carbocycles. The van der Waals surface area contributed by atoms with Gasteiger partial charge in [-0.3, -0.25) is 0 Å². The minimum atomic E-state index is 0.676. The van der Waals surface area contributed by atoms with E-state index >= 15 is 0 Å². The Morgan fingerprint density at radius 2 is 2.04 bits per heavy atom. The third kappa shape index (κ3) is 2.53. The summed E-state index contributed by atoms with van der Waals surface area (Å²) in [5.41, 5.74) is 6.50. The third-order valence-corrected chi connectivity index (χ3v) is 4.18. The highest BCUT2D eigenvalue weighted by molar-refractivity contribution is 6.31. The maximum Gasteiger partial charge on any atom is 0.224 e. The van der Waals surface area contributed by atoms with Crippen molar-refractivity contribution in [2.75, 3.05) is 5.43 Å². The highest BCUT2D eigenvalue weighted by Crippen LogP contribution is 2.23. The number of nitrogens with one attached hydrogen (secondary N) is 1. The number of para-hydroxylation sites is 2. The van der Waals surface area contributed by atoms with Gasteiger partial charge in [0.2, 0.25) is 5.95 Å². The summed E-state index contributed by atoms with van der Waals surface area (Å²) in [4.78, 5) is 4.53. The zero-order valence-corrected chi connectivity index (χ0v) is 14.0. The summed E-state index contributed by atoms with van der Waals surface area (Å²) in [5, 5.41) is 6.03. The predicted molar refractivity (Wildman–Crippen MR) is 97.8 cm³/mol. The Morgan fingerprint density at radius 3 is 2.88 bits per heavy atom. The van der Waals surface area contributed by atoms with Gasteiger partial charge in [-0.05, 0) is 43.3 Å². The molecular formula is C18H15ClN4O. The van der Waals surface area contributed by atoms with Crippen LogP contribution in [-0.4, -0.2) is 15.3 Å². The summed E-state index contributed by atoms with van der Waals surface area (Å²) in [6.07, 6.45) is 0. The lowest BCUT2D eigenvalue weighted by Gasteiger charge is -2.01. The number of hydrogen-bond acceptors (Lipinski definition) is 4.